The van der Waals surface area contributed by atoms with Crippen LogP contribution in [0.4, 0.5) is 0 Å². The van der Waals surface area contributed by atoms with E-state index in [2.05, 4.69) is 39.9 Å². The highest BCUT2D eigenvalue weighted by atomic mass is 16.5. The molecule has 2 aliphatic heterocycles. The van der Waals surface area contributed by atoms with Crippen molar-refractivity contribution in [3.05, 3.63) is 0 Å². The predicted molar refractivity (Wildman–Crippen MR) is 78.4 cm³/mol. The van der Waals surface area contributed by atoms with Gasteiger partial charge in [-0.3, -0.25) is 0 Å². The van der Waals surface area contributed by atoms with Gasteiger partial charge in [0.05, 0.1) is 11.2 Å². The van der Waals surface area contributed by atoms with E-state index in [-0.39, 0.29) is 11.2 Å². The fraction of sp³-hybridized carbons (Fsp3) is 1.00. The van der Waals surface area contributed by atoms with Gasteiger partial charge in [0, 0.05) is 25.2 Å². The van der Waals surface area contributed by atoms with Crippen LogP contribution < -0.4 is 5.32 Å². The molecule has 2 aliphatic rings. The van der Waals surface area contributed by atoms with Gasteiger partial charge in [-0.15, -0.1) is 0 Å². The average Bonchev–Trinajstić information content (AvgIpc) is 2.55. The predicted octanol–water partition coefficient (Wildman–Crippen LogP) is 2.98. The van der Waals surface area contributed by atoms with E-state index in [1.165, 1.54) is 12.8 Å². The van der Waals surface area contributed by atoms with Crippen LogP contribution in [0.25, 0.3) is 0 Å². The Morgan fingerprint density at radius 3 is 2.26 bits per heavy atom. The zero-order valence-corrected chi connectivity index (χ0v) is 13.3. The lowest BCUT2D eigenvalue weighted by molar-refractivity contribution is -0.0816. The van der Waals surface area contributed by atoms with Crippen molar-refractivity contribution in [2.45, 2.75) is 71.1 Å². The Morgan fingerprint density at radius 1 is 1.16 bits per heavy atom. The van der Waals surface area contributed by atoms with Crippen LogP contribution in [0.2, 0.25) is 0 Å². The van der Waals surface area contributed by atoms with Crippen molar-refractivity contribution in [2.24, 2.45) is 11.8 Å². The minimum Gasteiger partial charge on any atom is -0.381 e. The first-order valence-electron chi connectivity index (χ1n) is 7.87. The van der Waals surface area contributed by atoms with E-state index in [4.69, 9.17) is 9.47 Å². The Balaban J connectivity index is 2.13. The smallest absolute Gasteiger partial charge is 0.0677 e. The van der Waals surface area contributed by atoms with E-state index in [0.29, 0.717) is 12.0 Å². The summed E-state index contributed by atoms with van der Waals surface area (Å²) in [6.07, 6.45) is 3.52. The van der Waals surface area contributed by atoms with Crippen LogP contribution in [0.15, 0.2) is 0 Å². The fourth-order valence-electron chi connectivity index (χ4n) is 4.11. The van der Waals surface area contributed by atoms with E-state index in [0.717, 1.165) is 32.1 Å². The van der Waals surface area contributed by atoms with Crippen LogP contribution in [0, 0.1) is 11.8 Å². The van der Waals surface area contributed by atoms with Gasteiger partial charge in [-0.1, -0.05) is 6.92 Å². The molecule has 0 bridgehead atoms. The van der Waals surface area contributed by atoms with Crippen LogP contribution >= 0.6 is 0 Å². The maximum absolute atomic E-state index is 6.30. The molecule has 2 heterocycles. The summed E-state index contributed by atoms with van der Waals surface area (Å²) in [4.78, 5) is 0. The van der Waals surface area contributed by atoms with Crippen molar-refractivity contribution in [2.75, 3.05) is 19.8 Å². The maximum Gasteiger partial charge on any atom is 0.0677 e. The van der Waals surface area contributed by atoms with Gasteiger partial charge in [0.2, 0.25) is 0 Å². The molecule has 0 spiro atoms. The van der Waals surface area contributed by atoms with Crippen molar-refractivity contribution < 1.29 is 9.47 Å². The van der Waals surface area contributed by atoms with Crippen molar-refractivity contribution in [3.8, 4) is 0 Å². The van der Waals surface area contributed by atoms with Gasteiger partial charge in [-0.2, -0.15) is 0 Å². The van der Waals surface area contributed by atoms with Gasteiger partial charge in [0.15, 0.2) is 0 Å². The molecule has 0 radical (unpaired) electrons. The van der Waals surface area contributed by atoms with Gasteiger partial charge in [-0.05, 0) is 59.4 Å². The van der Waals surface area contributed by atoms with Crippen molar-refractivity contribution in [1.29, 1.82) is 0 Å². The second-order valence-corrected chi connectivity index (χ2v) is 7.31. The Kier molecular flexibility index (Phi) is 4.59. The molecule has 19 heavy (non-hydrogen) atoms. The van der Waals surface area contributed by atoms with Crippen LogP contribution in [-0.4, -0.2) is 37.0 Å². The van der Waals surface area contributed by atoms with Crippen molar-refractivity contribution in [1.82, 2.24) is 5.32 Å². The summed E-state index contributed by atoms with van der Waals surface area (Å²) in [5.74, 6) is 1.32. The lowest BCUT2D eigenvalue weighted by Crippen LogP contribution is -2.49. The van der Waals surface area contributed by atoms with Gasteiger partial charge in [-0.25, -0.2) is 0 Å². The SMILES string of the molecule is CCNC(C1CCOCC1)C1CC(C)(C)OC1(C)C. The Labute approximate surface area is 118 Å². The minimum absolute atomic E-state index is 0.00695. The van der Waals surface area contributed by atoms with E-state index < -0.39 is 0 Å². The molecule has 112 valence electrons. The van der Waals surface area contributed by atoms with Crippen molar-refractivity contribution in [3.63, 3.8) is 0 Å². The number of ether oxygens (including phenoxy) is 2. The number of hydrogen-bond acceptors (Lipinski definition) is 3. The quantitative estimate of drug-likeness (QED) is 0.851. The lowest BCUT2D eigenvalue weighted by atomic mass is 9.74. The average molecular weight is 269 g/mol. The summed E-state index contributed by atoms with van der Waals surface area (Å²) < 4.78 is 11.8. The zero-order chi connectivity index (χ0) is 14.1. The van der Waals surface area contributed by atoms with Gasteiger partial charge < -0.3 is 14.8 Å². The Hall–Kier alpha value is -0.120. The Morgan fingerprint density at radius 2 is 1.79 bits per heavy atom. The van der Waals surface area contributed by atoms with E-state index >= 15 is 0 Å². The normalized spacial score (nSPS) is 32.4. The fourth-order valence-corrected chi connectivity index (χ4v) is 4.11. The summed E-state index contributed by atoms with van der Waals surface area (Å²) in [6.45, 7) is 14.1. The molecule has 2 saturated heterocycles. The Bertz CT molecular complexity index is 295. The van der Waals surface area contributed by atoms with E-state index in [1.54, 1.807) is 0 Å². The van der Waals surface area contributed by atoms with E-state index in [9.17, 15) is 0 Å². The lowest BCUT2D eigenvalue weighted by Gasteiger charge is -2.39. The van der Waals surface area contributed by atoms with E-state index in [1.807, 2.05) is 0 Å². The molecule has 0 aliphatic carbocycles. The first kappa shape index (κ1) is 15.3. The molecule has 0 aromatic carbocycles. The molecule has 0 amide bonds. The first-order chi connectivity index (χ1) is 8.86. The first-order valence-corrected chi connectivity index (χ1v) is 7.87. The van der Waals surface area contributed by atoms with Gasteiger partial charge in [0.25, 0.3) is 0 Å². The standard InChI is InChI=1S/C16H31NO2/c1-6-17-14(12-7-9-18-10-8-12)13-11-15(2,3)19-16(13,4)5/h12-14,17H,6-11H2,1-5H3. The molecule has 2 unspecified atom stereocenters. The summed E-state index contributed by atoms with van der Waals surface area (Å²) in [5.41, 5.74) is -0.0261. The monoisotopic (exact) mass is 269 g/mol. The van der Waals surface area contributed by atoms with Gasteiger partial charge in [0.1, 0.15) is 0 Å². The molecule has 0 aromatic rings. The molecule has 0 saturated carbocycles. The molecule has 1 N–H and O–H groups in total. The second-order valence-electron chi connectivity index (χ2n) is 7.31. The molecule has 0 aromatic heterocycles. The highest BCUT2D eigenvalue weighted by molar-refractivity contribution is 5.01. The molecule has 3 nitrogen and oxygen atoms in total. The molecular formula is C16H31NO2. The van der Waals surface area contributed by atoms with Crippen LogP contribution in [0.5, 0.6) is 0 Å². The van der Waals surface area contributed by atoms with Gasteiger partial charge >= 0.3 is 0 Å². The second kappa shape index (κ2) is 5.71. The number of hydrogen-bond donors (Lipinski definition) is 1. The third-order valence-electron chi connectivity index (χ3n) is 4.79. The topological polar surface area (TPSA) is 30.5 Å². The number of rotatable bonds is 4. The minimum atomic E-state index is -0.0331. The highest BCUT2D eigenvalue weighted by Crippen LogP contribution is 2.45. The zero-order valence-electron chi connectivity index (χ0n) is 13.3. The summed E-state index contributed by atoms with van der Waals surface area (Å²) in [7, 11) is 0. The highest BCUT2D eigenvalue weighted by Gasteiger charge is 2.50. The summed E-state index contributed by atoms with van der Waals surface area (Å²) >= 11 is 0. The third kappa shape index (κ3) is 3.50. The maximum atomic E-state index is 6.30. The van der Waals surface area contributed by atoms with Crippen LogP contribution in [0.1, 0.15) is 53.9 Å². The molecule has 2 rings (SSSR count). The third-order valence-corrected chi connectivity index (χ3v) is 4.79. The molecule has 2 atom stereocenters. The molecular weight excluding hydrogens is 238 g/mol. The van der Waals surface area contributed by atoms with Crippen LogP contribution in [-0.2, 0) is 9.47 Å². The molecule has 2 fully saturated rings. The summed E-state index contributed by atoms with van der Waals surface area (Å²) in [5, 5.41) is 3.75. The molecule has 3 heteroatoms. The largest absolute Gasteiger partial charge is 0.381 e. The summed E-state index contributed by atoms with van der Waals surface area (Å²) in [6, 6.07) is 0.561. The van der Waals surface area contributed by atoms with Crippen LogP contribution in [0.3, 0.4) is 0 Å². The number of nitrogens with one attached hydrogen (secondary N) is 1. The van der Waals surface area contributed by atoms with Crippen molar-refractivity contribution >= 4 is 0 Å².